The number of piperazine rings is 1. The number of anilines is 1. The Balaban J connectivity index is 1.59. The molecule has 2 aromatic rings. The molecule has 1 atom stereocenters. The molecule has 0 N–H and O–H groups in total. The highest BCUT2D eigenvalue weighted by Gasteiger charge is 2.29. The van der Waals surface area contributed by atoms with Crippen LogP contribution in [0.2, 0.25) is 0 Å². The van der Waals surface area contributed by atoms with Gasteiger partial charge in [-0.2, -0.15) is 0 Å². The molecule has 1 aromatic carbocycles. The quantitative estimate of drug-likeness (QED) is 0.672. The first kappa shape index (κ1) is 20.4. The first-order valence-corrected chi connectivity index (χ1v) is 9.28. The zero-order chi connectivity index (χ0) is 20.8. The zero-order valence-electron chi connectivity index (χ0n) is 16.7. The van der Waals surface area contributed by atoms with Crippen molar-refractivity contribution in [3.05, 3.63) is 42.2 Å². The number of benzene rings is 1. The molecule has 1 aliphatic heterocycles. The van der Waals surface area contributed by atoms with Crippen LogP contribution < -0.4 is 14.4 Å². The van der Waals surface area contributed by atoms with Gasteiger partial charge < -0.3 is 24.0 Å². The number of ether oxygens (including phenoxy) is 3. The van der Waals surface area contributed by atoms with E-state index in [4.69, 9.17) is 14.2 Å². The largest absolute Gasteiger partial charge is 0.493 e. The Labute approximate surface area is 169 Å². The van der Waals surface area contributed by atoms with Crippen LogP contribution in [0.4, 0.5) is 5.95 Å². The second kappa shape index (κ2) is 9.22. The van der Waals surface area contributed by atoms with Crippen molar-refractivity contribution in [1.82, 2.24) is 14.9 Å². The van der Waals surface area contributed by atoms with Gasteiger partial charge in [0.2, 0.25) is 5.95 Å². The molecular weight excluding hydrogens is 376 g/mol. The van der Waals surface area contributed by atoms with Crippen molar-refractivity contribution in [2.24, 2.45) is 0 Å². The highest BCUT2D eigenvalue weighted by atomic mass is 16.6. The van der Waals surface area contributed by atoms with E-state index in [0.717, 1.165) is 0 Å². The first-order chi connectivity index (χ1) is 14.0. The van der Waals surface area contributed by atoms with Gasteiger partial charge in [-0.1, -0.05) is 6.07 Å². The molecule has 2 heterocycles. The van der Waals surface area contributed by atoms with Crippen LogP contribution in [0.5, 0.6) is 11.5 Å². The Bertz CT molecular complexity index is 853. The number of amides is 1. The van der Waals surface area contributed by atoms with Crippen LogP contribution in [-0.2, 0) is 9.53 Å². The van der Waals surface area contributed by atoms with Crippen molar-refractivity contribution in [1.29, 1.82) is 0 Å². The maximum absolute atomic E-state index is 12.7. The fourth-order valence-corrected chi connectivity index (χ4v) is 3.16. The summed E-state index contributed by atoms with van der Waals surface area (Å²) >= 11 is 0. The summed E-state index contributed by atoms with van der Waals surface area (Å²) in [7, 11) is 2.93. The first-order valence-electron chi connectivity index (χ1n) is 9.28. The number of hydrogen-bond donors (Lipinski definition) is 0. The molecular formula is C20H24N4O5. The van der Waals surface area contributed by atoms with Crippen molar-refractivity contribution >= 4 is 17.8 Å². The van der Waals surface area contributed by atoms with Gasteiger partial charge in [0.05, 0.1) is 14.2 Å². The van der Waals surface area contributed by atoms with E-state index in [9.17, 15) is 9.59 Å². The molecule has 1 aliphatic rings. The summed E-state index contributed by atoms with van der Waals surface area (Å²) in [5.74, 6) is 0.451. The van der Waals surface area contributed by atoms with Gasteiger partial charge in [-0.15, -0.1) is 0 Å². The average Bonchev–Trinajstić information content (AvgIpc) is 2.78. The third kappa shape index (κ3) is 4.56. The van der Waals surface area contributed by atoms with Gasteiger partial charge in [-0.25, -0.2) is 14.8 Å². The van der Waals surface area contributed by atoms with E-state index in [-0.39, 0.29) is 17.2 Å². The van der Waals surface area contributed by atoms with Crippen LogP contribution >= 0.6 is 0 Å². The van der Waals surface area contributed by atoms with Gasteiger partial charge >= 0.3 is 5.97 Å². The van der Waals surface area contributed by atoms with Crippen molar-refractivity contribution < 1.29 is 23.8 Å². The average molecular weight is 400 g/mol. The SMILES string of the molecule is COc1cccc(C(=O)OC(C)C(=O)N2CCN(c3ncccn3)CC2)c1OC. The molecule has 0 radical (unpaired) electrons. The molecule has 0 aliphatic carbocycles. The van der Waals surface area contributed by atoms with Gasteiger partial charge in [0.1, 0.15) is 5.56 Å². The lowest BCUT2D eigenvalue weighted by molar-refractivity contribution is -0.140. The van der Waals surface area contributed by atoms with E-state index in [1.807, 2.05) is 4.90 Å². The third-order valence-electron chi connectivity index (χ3n) is 4.68. The fraction of sp³-hybridized carbons (Fsp3) is 0.400. The van der Waals surface area contributed by atoms with Crippen molar-refractivity contribution in [2.45, 2.75) is 13.0 Å². The van der Waals surface area contributed by atoms with Crippen LogP contribution in [-0.4, -0.2) is 73.2 Å². The molecule has 0 saturated carbocycles. The summed E-state index contributed by atoms with van der Waals surface area (Å²) < 4.78 is 15.9. The zero-order valence-corrected chi connectivity index (χ0v) is 16.7. The number of methoxy groups -OCH3 is 2. The van der Waals surface area contributed by atoms with Gasteiger partial charge in [0.15, 0.2) is 17.6 Å². The number of aromatic nitrogens is 2. The third-order valence-corrected chi connectivity index (χ3v) is 4.68. The van der Waals surface area contributed by atoms with Gasteiger partial charge in [0, 0.05) is 38.6 Å². The van der Waals surface area contributed by atoms with Crippen molar-refractivity contribution in [3.63, 3.8) is 0 Å². The molecule has 1 aromatic heterocycles. The minimum absolute atomic E-state index is 0.206. The number of rotatable bonds is 6. The molecule has 29 heavy (non-hydrogen) atoms. The molecule has 0 spiro atoms. The topological polar surface area (TPSA) is 94.1 Å². The lowest BCUT2D eigenvalue weighted by Crippen LogP contribution is -2.52. The maximum atomic E-state index is 12.7. The summed E-state index contributed by atoms with van der Waals surface area (Å²) in [6.07, 6.45) is 2.46. The van der Waals surface area contributed by atoms with Crippen LogP contribution in [0, 0.1) is 0 Å². The Morgan fingerprint density at radius 2 is 1.69 bits per heavy atom. The highest BCUT2D eigenvalue weighted by Crippen LogP contribution is 2.31. The number of carbonyl (C=O) groups excluding carboxylic acids is 2. The van der Waals surface area contributed by atoms with E-state index in [1.165, 1.54) is 14.2 Å². The summed E-state index contributed by atoms with van der Waals surface area (Å²) in [4.78, 5) is 37.5. The molecule has 1 amide bonds. The predicted octanol–water partition coefficient (Wildman–Crippen LogP) is 1.39. The van der Waals surface area contributed by atoms with Crippen LogP contribution in [0.1, 0.15) is 17.3 Å². The molecule has 1 unspecified atom stereocenters. The summed E-state index contributed by atoms with van der Waals surface area (Å²) in [5.41, 5.74) is 0.206. The van der Waals surface area contributed by atoms with Crippen molar-refractivity contribution in [3.8, 4) is 11.5 Å². The van der Waals surface area contributed by atoms with Crippen LogP contribution in [0.25, 0.3) is 0 Å². The number of nitrogens with zero attached hydrogens (tertiary/aromatic N) is 4. The molecule has 9 heteroatoms. The van der Waals surface area contributed by atoms with E-state index >= 15 is 0 Å². The molecule has 9 nitrogen and oxygen atoms in total. The molecule has 3 rings (SSSR count). The Kier molecular flexibility index (Phi) is 6.48. The predicted molar refractivity (Wildman–Crippen MR) is 105 cm³/mol. The summed E-state index contributed by atoms with van der Waals surface area (Å²) in [6.45, 7) is 3.79. The fourth-order valence-electron chi connectivity index (χ4n) is 3.16. The lowest BCUT2D eigenvalue weighted by atomic mass is 10.2. The molecule has 154 valence electrons. The molecule has 0 bridgehead atoms. The maximum Gasteiger partial charge on any atom is 0.342 e. The smallest absolute Gasteiger partial charge is 0.342 e. The Morgan fingerprint density at radius 1 is 1.00 bits per heavy atom. The molecule has 1 saturated heterocycles. The summed E-state index contributed by atoms with van der Waals surface area (Å²) in [5, 5.41) is 0. The second-order valence-electron chi connectivity index (χ2n) is 6.45. The lowest BCUT2D eigenvalue weighted by Gasteiger charge is -2.35. The van der Waals surface area contributed by atoms with Crippen LogP contribution in [0.3, 0.4) is 0 Å². The van der Waals surface area contributed by atoms with Gasteiger partial charge in [-0.3, -0.25) is 4.79 Å². The minimum Gasteiger partial charge on any atom is -0.493 e. The molecule has 1 fully saturated rings. The van der Waals surface area contributed by atoms with E-state index in [0.29, 0.717) is 37.9 Å². The number of para-hydroxylation sites is 1. The van der Waals surface area contributed by atoms with Crippen LogP contribution in [0.15, 0.2) is 36.7 Å². The standard InChI is InChI=1S/C20H24N4O5/c1-14(29-19(26)15-6-4-7-16(27-2)17(15)28-3)18(25)23-10-12-24(13-11-23)20-21-8-5-9-22-20/h4-9,14H,10-13H2,1-3H3. The number of carbonyl (C=O) groups is 2. The Morgan fingerprint density at radius 3 is 2.31 bits per heavy atom. The van der Waals surface area contributed by atoms with Gasteiger partial charge in [0.25, 0.3) is 5.91 Å². The van der Waals surface area contributed by atoms with E-state index in [1.54, 1.807) is 48.5 Å². The Hall–Kier alpha value is -3.36. The minimum atomic E-state index is -0.919. The monoisotopic (exact) mass is 400 g/mol. The summed E-state index contributed by atoms with van der Waals surface area (Å²) in [6, 6.07) is 6.67. The second-order valence-corrected chi connectivity index (χ2v) is 6.45. The normalized spacial score (nSPS) is 14.9. The van der Waals surface area contributed by atoms with Gasteiger partial charge in [-0.05, 0) is 25.1 Å². The highest BCUT2D eigenvalue weighted by molar-refractivity contribution is 5.95. The van der Waals surface area contributed by atoms with E-state index in [2.05, 4.69) is 9.97 Å². The van der Waals surface area contributed by atoms with Crippen molar-refractivity contribution in [2.75, 3.05) is 45.3 Å². The van der Waals surface area contributed by atoms with E-state index < -0.39 is 12.1 Å². The number of hydrogen-bond acceptors (Lipinski definition) is 8. The number of esters is 1.